The van der Waals surface area contributed by atoms with E-state index in [4.69, 9.17) is 16.3 Å². The number of hydrogen-bond donors (Lipinski definition) is 1. The zero-order chi connectivity index (χ0) is 17.1. The topological polar surface area (TPSA) is 61.9 Å². The lowest BCUT2D eigenvalue weighted by molar-refractivity contribution is -0.145. The molecule has 1 aromatic rings. The summed E-state index contributed by atoms with van der Waals surface area (Å²) < 4.78 is 5.23. The zero-order valence-corrected chi connectivity index (χ0v) is 14.5. The minimum absolute atomic E-state index is 0.00179. The summed E-state index contributed by atoms with van der Waals surface area (Å²) in [6.45, 7) is 5.30. The lowest BCUT2D eigenvalue weighted by atomic mass is 10.1. The number of nitrogens with zero attached hydrogens (tertiary/aromatic N) is 2. The Morgan fingerprint density at radius 1 is 1.29 bits per heavy atom. The van der Waals surface area contributed by atoms with E-state index < -0.39 is 0 Å². The lowest BCUT2D eigenvalue weighted by Gasteiger charge is -2.36. The van der Waals surface area contributed by atoms with Gasteiger partial charge in [-0.1, -0.05) is 23.7 Å². The van der Waals surface area contributed by atoms with Crippen LogP contribution in [0.4, 0.5) is 5.69 Å². The van der Waals surface area contributed by atoms with Crippen molar-refractivity contribution in [2.24, 2.45) is 0 Å². The first-order valence-corrected chi connectivity index (χ1v) is 8.62. The third-order valence-electron chi connectivity index (χ3n) is 4.51. The van der Waals surface area contributed by atoms with Gasteiger partial charge < -0.3 is 10.1 Å². The molecule has 1 aromatic carbocycles. The van der Waals surface area contributed by atoms with Crippen LogP contribution in [0.2, 0.25) is 5.02 Å². The molecule has 2 aliphatic heterocycles. The van der Waals surface area contributed by atoms with E-state index in [0.29, 0.717) is 17.3 Å². The van der Waals surface area contributed by atoms with E-state index in [9.17, 15) is 9.59 Å². The number of halogens is 1. The van der Waals surface area contributed by atoms with Gasteiger partial charge in [-0.05, 0) is 19.1 Å². The van der Waals surface area contributed by atoms with Crippen LogP contribution in [-0.2, 0) is 14.3 Å². The van der Waals surface area contributed by atoms with Crippen molar-refractivity contribution in [3.8, 4) is 0 Å². The van der Waals surface area contributed by atoms with Gasteiger partial charge in [-0.3, -0.25) is 19.4 Å². The molecule has 0 aromatic heterocycles. The van der Waals surface area contributed by atoms with E-state index in [-0.39, 0.29) is 24.0 Å². The van der Waals surface area contributed by atoms with E-state index in [2.05, 4.69) is 15.1 Å². The van der Waals surface area contributed by atoms with Gasteiger partial charge in [0.1, 0.15) is 12.1 Å². The molecule has 0 spiro atoms. The fraction of sp³-hybridized carbons (Fsp3) is 0.529. The summed E-state index contributed by atoms with van der Waals surface area (Å²) in [7, 11) is 0. The van der Waals surface area contributed by atoms with Crippen molar-refractivity contribution in [2.75, 3.05) is 38.0 Å². The zero-order valence-electron chi connectivity index (χ0n) is 13.7. The normalized spacial score (nSPS) is 25.5. The fourth-order valence-electron chi connectivity index (χ4n) is 3.22. The summed E-state index contributed by atoms with van der Waals surface area (Å²) in [5.74, 6) is -0.196. The Kier molecular flexibility index (Phi) is 5.38. The Balaban J connectivity index is 1.46. The average molecular weight is 352 g/mol. The number of para-hydroxylation sites is 1. The quantitative estimate of drug-likeness (QED) is 0.835. The number of cyclic esters (lactones) is 1. The highest BCUT2D eigenvalue weighted by Gasteiger charge is 2.37. The summed E-state index contributed by atoms with van der Waals surface area (Å²) >= 11 is 6.05. The molecule has 1 amide bonds. The minimum atomic E-state index is -0.126. The predicted molar refractivity (Wildman–Crippen MR) is 92.1 cm³/mol. The van der Waals surface area contributed by atoms with Gasteiger partial charge in [-0.15, -0.1) is 0 Å². The maximum Gasteiger partial charge on any atom is 0.323 e. The highest BCUT2D eigenvalue weighted by atomic mass is 35.5. The Bertz CT molecular complexity index is 617. The van der Waals surface area contributed by atoms with E-state index in [1.807, 2.05) is 19.1 Å². The third kappa shape index (κ3) is 4.06. The molecule has 2 atom stereocenters. The summed E-state index contributed by atoms with van der Waals surface area (Å²) in [6, 6.07) is 7.07. The summed E-state index contributed by atoms with van der Waals surface area (Å²) in [5.41, 5.74) is 0.630. The summed E-state index contributed by atoms with van der Waals surface area (Å²) in [5, 5.41) is 3.37. The van der Waals surface area contributed by atoms with Gasteiger partial charge in [-0.2, -0.15) is 0 Å². The fourth-order valence-corrected chi connectivity index (χ4v) is 3.41. The molecule has 7 heteroatoms. The van der Waals surface area contributed by atoms with Crippen LogP contribution in [0.1, 0.15) is 13.3 Å². The van der Waals surface area contributed by atoms with Gasteiger partial charge in [0, 0.05) is 32.6 Å². The number of ether oxygens (including phenoxy) is 1. The monoisotopic (exact) mass is 351 g/mol. The van der Waals surface area contributed by atoms with Gasteiger partial charge in [-0.25, -0.2) is 0 Å². The second-order valence-corrected chi connectivity index (χ2v) is 6.75. The van der Waals surface area contributed by atoms with Crippen molar-refractivity contribution in [1.29, 1.82) is 0 Å². The standard InChI is InChI=1S/C17H22ClN3O3/c1-12-10-15(17(23)24-12)21-8-6-20(7-9-21)11-16(22)19-14-5-3-2-4-13(14)18/h2-5,12,15H,6-11H2,1H3,(H,19,22). The number of piperazine rings is 1. The van der Waals surface area contributed by atoms with E-state index in [1.54, 1.807) is 12.1 Å². The molecule has 0 saturated carbocycles. The highest BCUT2D eigenvalue weighted by Crippen LogP contribution is 2.22. The smallest absolute Gasteiger partial charge is 0.323 e. The Morgan fingerprint density at radius 3 is 2.62 bits per heavy atom. The number of rotatable bonds is 4. The Hall–Kier alpha value is -1.63. The Morgan fingerprint density at radius 2 is 2.00 bits per heavy atom. The van der Waals surface area contributed by atoms with Crippen molar-refractivity contribution in [1.82, 2.24) is 9.80 Å². The molecule has 0 bridgehead atoms. The molecule has 130 valence electrons. The maximum absolute atomic E-state index is 12.2. The molecule has 2 fully saturated rings. The molecule has 3 rings (SSSR count). The maximum atomic E-state index is 12.2. The predicted octanol–water partition coefficient (Wildman–Crippen LogP) is 1.60. The highest BCUT2D eigenvalue weighted by molar-refractivity contribution is 6.33. The van der Waals surface area contributed by atoms with E-state index in [0.717, 1.165) is 32.6 Å². The van der Waals surface area contributed by atoms with Crippen LogP contribution in [0.5, 0.6) is 0 Å². The van der Waals surface area contributed by atoms with Gasteiger partial charge >= 0.3 is 5.97 Å². The lowest BCUT2D eigenvalue weighted by Crippen LogP contribution is -2.52. The van der Waals surface area contributed by atoms with Crippen molar-refractivity contribution < 1.29 is 14.3 Å². The largest absolute Gasteiger partial charge is 0.461 e. The van der Waals surface area contributed by atoms with E-state index in [1.165, 1.54) is 0 Å². The van der Waals surface area contributed by atoms with Gasteiger partial charge in [0.25, 0.3) is 0 Å². The van der Waals surface area contributed by atoms with Crippen LogP contribution in [0.25, 0.3) is 0 Å². The van der Waals surface area contributed by atoms with Gasteiger partial charge in [0.2, 0.25) is 5.91 Å². The number of esters is 1. The first-order valence-electron chi connectivity index (χ1n) is 8.24. The SMILES string of the molecule is CC1CC(N2CCN(CC(=O)Nc3ccccc3Cl)CC2)C(=O)O1. The van der Waals surface area contributed by atoms with Crippen molar-refractivity contribution in [2.45, 2.75) is 25.5 Å². The van der Waals surface area contributed by atoms with Gasteiger partial charge in [0.15, 0.2) is 0 Å². The van der Waals surface area contributed by atoms with E-state index >= 15 is 0 Å². The Labute approximate surface area is 146 Å². The molecule has 6 nitrogen and oxygen atoms in total. The molecule has 2 saturated heterocycles. The number of anilines is 1. The summed E-state index contributed by atoms with van der Waals surface area (Å²) in [6.07, 6.45) is 0.758. The second kappa shape index (κ2) is 7.51. The van der Waals surface area contributed by atoms with Crippen LogP contribution in [0.15, 0.2) is 24.3 Å². The van der Waals surface area contributed by atoms with Gasteiger partial charge in [0.05, 0.1) is 17.3 Å². The van der Waals surface area contributed by atoms with Crippen molar-refractivity contribution in [3.05, 3.63) is 29.3 Å². The van der Waals surface area contributed by atoms with Crippen LogP contribution < -0.4 is 5.32 Å². The summed E-state index contributed by atoms with van der Waals surface area (Å²) in [4.78, 5) is 28.2. The van der Waals surface area contributed by atoms with Crippen LogP contribution in [0, 0.1) is 0 Å². The van der Waals surface area contributed by atoms with Crippen molar-refractivity contribution in [3.63, 3.8) is 0 Å². The molecule has 2 aliphatic rings. The molecule has 0 radical (unpaired) electrons. The number of amides is 1. The number of benzene rings is 1. The van der Waals surface area contributed by atoms with Crippen molar-refractivity contribution >= 4 is 29.2 Å². The minimum Gasteiger partial charge on any atom is -0.461 e. The number of nitrogens with one attached hydrogen (secondary N) is 1. The van der Waals surface area contributed by atoms with Crippen LogP contribution >= 0.6 is 11.6 Å². The molecule has 2 unspecified atom stereocenters. The molecule has 1 N–H and O–H groups in total. The first-order chi connectivity index (χ1) is 11.5. The first kappa shape index (κ1) is 17.2. The number of carbonyl (C=O) groups is 2. The second-order valence-electron chi connectivity index (χ2n) is 6.34. The number of hydrogen-bond acceptors (Lipinski definition) is 5. The molecule has 0 aliphatic carbocycles. The molecular weight excluding hydrogens is 330 g/mol. The third-order valence-corrected chi connectivity index (χ3v) is 4.84. The number of carbonyl (C=O) groups excluding carboxylic acids is 2. The van der Waals surface area contributed by atoms with Crippen LogP contribution in [0.3, 0.4) is 0 Å². The molecular formula is C17H22ClN3O3. The molecule has 24 heavy (non-hydrogen) atoms. The average Bonchev–Trinajstić information content (AvgIpc) is 2.89. The molecule has 2 heterocycles. The van der Waals surface area contributed by atoms with Crippen LogP contribution in [-0.4, -0.2) is 66.5 Å².